The molecule has 2 N–H and O–H groups in total. The molecule has 3 rings (SSSR count). The lowest BCUT2D eigenvalue weighted by Crippen LogP contribution is -2.34. The second kappa shape index (κ2) is 10.4. The van der Waals surface area contributed by atoms with Gasteiger partial charge >= 0.3 is 0 Å². The third-order valence-electron chi connectivity index (χ3n) is 4.22. The minimum absolute atomic E-state index is 0.0307. The largest absolute Gasteiger partial charge is 0.385 e. The zero-order valence-electron chi connectivity index (χ0n) is 16.5. The highest BCUT2D eigenvalue weighted by Crippen LogP contribution is 2.19. The van der Waals surface area contributed by atoms with Gasteiger partial charge in [0.25, 0.3) is 17.4 Å². The molecule has 1 fully saturated rings. The molecule has 1 aliphatic carbocycles. The van der Waals surface area contributed by atoms with E-state index in [1.165, 1.54) is 23.9 Å². The van der Waals surface area contributed by atoms with Crippen LogP contribution in [0, 0.1) is 0 Å². The van der Waals surface area contributed by atoms with E-state index >= 15 is 0 Å². The Balaban J connectivity index is 0.000000640. The number of nitrogens with zero attached hydrogens (tertiary/aromatic N) is 1. The topological polar surface area (TPSA) is 89.4 Å². The van der Waals surface area contributed by atoms with Crippen molar-refractivity contribution in [3.8, 4) is 0 Å². The summed E-state index contributed by atoms with van der Waals surface area (Å²) in [6.07, 6.45) is 3.45. The van der Waals surface area contributed by atoms with Crippen LogP contribution in [-0.2, 0) is 11.3 Å². The Morgan fingerprint density at radius 1 is 1.18 bits per heavy atom. The average molecular weight is 385 g/mol. The van der Waals surface area contributed by atoms with Crippen LogP contribution >= 0.6 is 0 Å². The first-order chi connectivity index (χ1) is 13.5. The minimum Gasteiger partial charge on any atom is -0.385 e. The van der Waals surface area contributed by atoms with Gasteiger partial charge in [-0.3, -0.25) is 14.4 Å². The van der Waals surface area contributed by atoms with Crippen LogP contribution in [0.1, 0.15) is 46.0 Å². The molecule has 0 atom stereocenters. The van der Waals surface area contributed by atoms with Gasteiger partial charge in [-0.1, -0.05) is 30.3 Å². The van der Waals surface area contributed by atoms with E-state index in [1.807, 2.05) is 37.3 Å². The van der Waals surface area contributed by atoms with Crippen LogP contribution in [0.2, 0.25) is 0 Å². The number of carbonyl (C=O) groups is 2. The normalized spacial score (nSPS) is 12.5. The molecule has 1 aromatic heterocycles. The lowest BCUT2D eigenvalue weighted by Gasteiger charge is -2.11. The van der Waals surface area contributed by atoms with Crippen LogP contribution in [0.25, 0.3) is 0 Å². The van der Waals surface area contributed by atoms with Gasteiger partial charge in [-0.2, -0.15) is 0 Å². The standard InChI is InChI=1S/C18H19N3O3.C3H8O/c1-19-17(23)15-9-13(16(22)20-14-7-8-14)11-21(18(15)24)10-12-5-3-2-4-6-12;1-3-4-2/h2-6,9,11,14H,7-8,10H2,1H3,(H,19,23)(H,20,22);3H2,1-2H3. The molecular formula is C21H27N3O4. The van der Waals surface area contributed by atoms with E-state index in [0.717, 1.165) is 25.0 Å². The number of nitrogens with one attached hydrogen (secondary N) is 2. The molecule has 2 amide bonds. The lowest BCUT2D eigenvalue weighted by atomic mass is 10.1. The Morgan fingerprint density at radius 3 is 2.36 bits per heavy atom. The molecule has 0 aliphatic heterocycles. The summed E-state index contributed by atoms with van der Waals surface area (Å²) in [5.74, 6) is -0.757. The second-order valence-electron chi connectivity index (χ2n) is 6.47. The van der Waals surface area contributed by atoms with Gasteiger partial charge in [-0.05, 0) is 31.4 Å². The fourth-order valence-electron chi connectivity index (χ4n) is 2.45. The molecular weight excluding hydrogens is 358 g/mol. The van der Waals surface area contributed by atoms with E-state index in [0.29, 0.717) is 12.1 Å². The number of benzene rings is 1. The SMILES string of the molecule is CCOC.CNC(=O)c1cc(C(=O)NC2CC2)cn(Cc2ccccc2)c1=O. The van der Waals surface area contributed by atoms with Crippen molar-refractivity contribution in [2.24, 2.45) is 0 Å². The summed E-state index contributed by atoms with van der Waals surface area (Å²) in [6.45, 7) is 3.08. The third-order valence-corrected chi connectivity index (χ3v) is 4.22. The zero-order chi connectivity index (χ0) is 20.5. The Bertz CT molecular complexity index is 856. The maximum Gasteiger partial charge on any atom is 0.263 e. The van der Waals surface area contributed by atoms with Crippen LogP contribution in [0.3, 0.4) is 0 Å². The van der Waals surface area contributed by atoms with Crippen molar-refractivity contribution < 1.29 is 14.3 Å². The van der Waals surface area contributed by atoms with Gasteiger partial charge < -0.3 is 19.9 Å². The zero-order valence-corrected chi connectivity index (χ0v) is 16.5. The van der Waals surface area contributed by atoms with E-state index in [9.17, 15) is 14.4 Å². The van der Waals surface area contributed by atoms with E-state index in [-0.39, 0.29) is 17.5 Å². The third kappa shape index (κ3) is 6.06. The molecule has 1 aromatic carbocycles. The van der Waals surface area contributed by atoms with Crippen LogP contribution in [0.15, 0.2) is 47.4 Å². The second-order valence-corrected chi connectivity index (χ2v) is 6.47. The van der Waals surface area contributed by atoms with E-state index in [1.54, 1.807) is 7.11 Å². The van der Waals surface area contributed by atoms with Crippen LogP contribution < -0.4 is 16.2 Å². The first-order valence-corrected chi connectivity index (χ1v) is 9.30. The van der Waals surface area contributed by atoms with Gasteiger partial charge in [0.05, 0.1) is 12.1 Å². The number of amides is 2. The number of hydrogen-bond acceptors (Lipinski definition) is 4. The summed E-state index contributed by atoms with van der Waals surface area (Å²) >= 11 is 0. The smallest absolute Gasteiger partial charge is 0.263 e. The summed E-state index contributed by atoms with van der Waals surface area (Å²) in [6, 6.07) is 11.0. The maximum atomic E-state index is 12.6. The van der Waals surface area contributed by atoms with Crippen LogP contribution in [0.4, 0.5) is 0 Å². The predicted molar refractivity (Wildman–Crippen MR) is 108 cm³/mol. The van der Waals surface area contributed by atoms with Gasteiger partial charge in [0.1, 0.15) is 5.56 Å². The number of pyridine rings is 1. The van der Waals surface area contributed by atoms with E-state index in [4.69, 9.17) is 0 Å². The molecule has 7 heteroatoms. The van der Waals surface area contributed by atoms with Gasteiger partial charge in [-0.15, -0.1) is 0 Å². The summed E-state index contributed by atoms with van der Waals surface area (Å²) in [5.41, 5.74) is 0.788. The highest BCUT2D eigenvalue weighted by Gasteiger charge is 2.25. The summed E-state index contributed by atoms with van der Waals surface area (Å²) < 4.78 is 5.95. The first kappa shape index (κ1) is 21.4. The molecule has 0 unspecified atom stereocenters. The van der Waals surface area contributed by atoms with Crippen molar-refractivity contribution in [3.05, 3.63) is 69.6 Å². The Kier molecular flexibility index (Phi) is 7.95. The van der Waals surface area contributed by atoms with Crippen molar-refractivity contribution >= 4 is 11.8 Å². The van der Waals surface area contributed by atoms with Crippen molar-refractivity contribution in [3.63, 3.8) is 0 Å². The number of rotatable bonds is 6. The predicted octanol–water partition coefficient (Wildman–Crippen LogP) is 1.80. The van der Waals surface area contributed by atoms with Crippen molar-refractivity contribution in [2.45, 2.75) is 32.4 Å². The Morgan fingerprint density at radius 2 is 1.82 bits per heavy atom. The first-order valence-electron chi connectivity index (χ1n) is 9.30. The molecule has 1 aliphatic rings. The number of ether oxygens (including phenoxy) is 1. The fourth-order valence-corrected chi connectivity index (χ4v) is 2.45. The number of carbonyl (C=O) groups excluding carboxylic acids is 2. The molecule has 28 heavy (non-hydrogen) atoms. The van der Waals surface area contributed by atoms with Gasteiger partial charge in [0, 0.05) is 33.0 Å². The molecule has 2 aromatic rings. The van der Waals surface area contributed by atoms with Crippen LogP contribution in [-0.4, -0.2) is 43.2 Å². The molecule has 0 saturated heterocycles. The monoisotopic (exact) mass is 385 g/mol. The van der Waals surface area contributed by atoms with Crippen LogP contribution in [0.5, 0.6) is 0 Å². The van der Waals surface area contributed by atoms with Crippen molar-refractivity contribution in [1.29, 1.82) is 0 Å². The molecule has 1 saturated carbocycles. The lowest BCUT2D eigenvalue weighted by molar-refractivity contribution is 0.0950. The molecule has 0 bridgehead atoms. The average Bonchev–Trinajstić information content (AvgIpc) is 3.53. The highest BCUT2D eigenvalue weighted by molar-refractivity contribution is 5.99. The Labute approximate surface area is 164 Å². The van der Waals surface area contributed by atoms with Gasteiger partial charge in [0.15, 0.2) is 0 Å². The molecule has 7 nitrogen and oxygen atoms in total. The number of aromatic nitrogens is 1. The van der Waals surface area contributed by atoms with E-state index in [2.05, 4.69) is 15.4 Å². The highest BCUT2D eigenvalue weighted by atomic mass is 16.5. The van der Waals surface area contributed by atoms with Gasteiger partial charge in [0.2, 0.25) is 0 Å². The quantitative estimate of drug-likeness (QED) is 0.794. The molecule has 0 spiro atoms. The fraction of sp³-hybridized carbons (Fsp3) is 0.381. The van der Waals surface area contributed by atoms with Crippen molar-refractivity contribution in [2.75, 3.05) is 20.8 Å². The molecule has 150 valence electrons. The number of hydrogen-bond donors (Lipinski definition) is 2. The molecule has 1 heterocycles. The number of methoxy groups -OCH3 is 1. The summed E-state index contributed by atoms with van der Waals surface area (Å²) in [7, 11) is 3.14. The summed E-state index contributed by atoms with van der Waals surface area (Å²) in [5, 5.41) is 5.33. The van der Waals surface area contributed by atoms with Crippen molar-refractivity contribution in [1.82, 2.24) is 15.2 Å². The Hall–Kier alpha value is -2.93. The van der Waals surface area contributed by atoms with Gasteiger partial charge in [-0.25, -0.2) is 0 Å². The van der Waals surface area contributed by atoms with E-state index < -0.39 is 11.5 Å². The minimum atomic E-state index is -0.497. The summed E-state index contributed by atoms with van der Waals surface area (Å²) in [4.78, 5) is 36.9. The maximum absolute atomic E-state index is 12.6. The molecule has 0 radical (unpaired) electrons.